The summed E-state index contributed by atoms with van der Waals surface area (Å²) in [6.45, 7) is 0. The normalized spacial score (nSPS) is 13.8. The molecule has 0 amide bonds. The van der Waals surface area contributed by atoms with Gasteiger partial charge in [0.05, 0.1) is 0 Å². The molecule has 20 heavy (non-hydrogen) atoms. The van der Waals surface area contributed by atoms with Crippen molar-refractivity contribution in [3.8, 4) is 12.1 Å². The number of halogens is 2. The Balaban J connectivity index is 2.64. The fourth-order valence-electron chi connectivity index (χ4n) is 0.915. The van der Waals surface area contributed by atoms with E-state index in [1.54, 1.807) is 0 Å². The van der Waals surface area contributed by atoms with Crippen LogP contribution < -0.4 is 9.34 Å². The van der Waals surface area contributed by atoms with Crippen LogP contribution in [0.1, 0.15) is 0 Å². The van der Waals surface area contributed by atoms with Gasteiger partial charge in [0.25, 0.3) is 0 Å². The van der Waals surface area contributed by atoms with E-state index in [9.17, 15) is 0 Å². The molecule has 2 aromatic rings. The Morgan fingerprint density at radius 3 is 1.55 bits per heavy atom. The highest BCUT2D eigenvalue weighted by Crippen LogP contribution is 2.11. The second-order valence-electron chi connectivity index (χ2n) is 2.83. The molecule has 0 aromatic carbocycles. The topological polar surface area (TPSA) is 98.1 Å². The molecule has 6 nitrogen and oxygen atoms in total. The van der Waals surface area contributed by atoms with E-state index in [2.05, 4.69) is 18.7 Å². The van der Waals surface area contributed by atoms with Gasteiger partial charge >= 0.3 is 0 Å². The Bertz CT molecular complexity index is 798. The Labute approximate surface area is 137 Å². The van der Waals surface area contributed by atoms with Crippen LogP contribution in [-0.2, 0) is 0 Å². The summed E-state index contributed by atoms with van der Waals surface area (Å²) in [4.78, 5) is 8.00. The van der Waals surface area contributed by atoms with Crippen molar-refractivity contribution in [2.24, 2.45) is 9.98 Å². The quantitative estimate of drug-likeness (QED) is 0.592. The number of rotatable bonds is 2. The number of nitriles is 2. The lowest BCUT2D eigenvalue weighted by atomic mass is 10.4. The molecule has 0 N–H and O–H groups in total. The number of allylic oxidation sites excluding steroid dienone is 2. The van der Waals surface area contributed by atoms with E-state index in [0.717, 1.165) is 21.1 Å². The zero-order valence-corrected chi connectivity index (χ0v) is 13.9. The van der Waals surface area contributed by atoms with Gasteiger partial charge in [-0.15, -0.1) is 0 Å². The number of aromatic nitrogens is 2. The maximum absolute atomic E-state index is 9.10. The van der Waals surface area contributed by atoms with E-state index in [1.807, 2.05) is 12.1 Å². The Morgan fingerprint density at radius 1 is 0.900 bits per heavy atom. The average Bonchev–Trinajstić information content (AvgIpc) is 3.03. The highest BCUT2D eigenvalue weighted by molar-refractivity contribution is 7.66. The minimum absolute atomic E-state index is 0.152. The summed E-state index contributed by atoms with van der Waals surface area (Å²) in [6, 6.07) is 3.63. The highest BCUT2D eigenvalue weighted by Gasteiger charge is 2.07. The van der Waals surface area contributed by atoms with E-state index >= 15 is 0 Å². The van der Waals surface area contributed by atoms with Crippen LogP contribution in [0.4, 0.5) is 0 Å². The summed E-state index contributed by atoms with van der Waals surface area (Å²) in [5, 5.41) is 18.6. The van der Waals surface area contributed by atoms with Crippen LogP contribution in [0.15, 0.2) is 21.4 Å². The monoisotopic (exact) mass is 378 g/mol. The standard InChI is InChI=1S/C8Cl2N6S4/c9-5-7(17-19-15-5)13-3(1-11)4(2-12)14-8-6(10)16-20-18-8/b4-3+,13-7?,14-8?. The summed E-state index contributed by atoms with van der Waals surface area (Å²) in [5.74, 6) is 0. The predicted molar refractivity (Wildman–Crippen MR) is 79.4 cm³/mol. The summed E-state index contributed by atoms with van der Waals surface area (Å²) < 4.78 is 8.39. The number of hydrogen-bond donors (Lipinski definition) is 0. The van der Waals surface area contributed by atoms with Crippen molar-refractivity contribution in [3.05, 3.63) is 31.0 Å². The summed E-state index contributed by atoms with van der Waals surface area (Å²) in [6.07, 6.45) is 0. The molecule has 0 atom stereocenters. The van der Waals surface area contributed by atoms with Crippen molar-refractivity contribution < 1.29 is 0 Å². The largest absolute Gasteiger partial charge is 0.220 e. The number of hydrogen-bond acceptors (Lipinski definition) is 10. The SMILES string of the molecule is N#C/C(N=c1ssnc1Cl)=C(/C#N)N=c1ssnc1Cl. The third-order valence-electron chi connectivity index (χ3n) is 1.68. The molecular weight excluding hydrogens is 379 g/mol. The van der Waals surface area contributed by atoms with Gasteiger partial charge in [-0.1, -0.05) is 23.2 Å². The third kappa shape index (κ3) is 3.49. The minimum Gasteiger partial charge on any atom is -0.220 e. The van der Waals surface area contributed by atoms with E-state index in [0.29, 0.717) is 9.34 Å². The molecular formula is C8Cl2N6S4. The van der Waals surface area contributed by atoms with Crippen LogP contribution in [0.3, 0.4) is 0 Å². The molecule has 2 rings (SSSR count). The van der Waals surface area contributed by atoms with Crippen molar-refractivity contribution in [3.63, 3.8) is 0 Å². The molecule has 0 aliphatic carbocycles. The average molecular weight is 379 g/mol. The first-order chi connectivity index (χ1) is 9.65. The maximum atomic E-state index is 9.10. The zero-order valence-electron chi connectivity index (χ0n) is 9.07. The molecule has 0 spiro atoms. The van der Waals surface area contributed by atoms with Gasteiger partial charge in [-0.3, -0.25) is 0 Å². The van der Waals surface area contributed by atoms with Crippen molar-refractivity contribution in [1.29, 1.82) is 10.5 Å². The van der Waals surface area contributed by atoms with Crippen LogP contribution in [0.5, 0.6) is 0 Å². The molecule has 0 radical (unpaired) electrons. The first-order valence-electron chi connectivity index (χ1n) is 4.52. The van der Waals surface area contributed by atoms with E-state index in [4.69, 9.17) is 33.7 Å². The predicted octanol–water partition coefficient (Wildman–Crippen LogP) is 2.79. The van der Waals surface area contributed by atoms with Gasteiger partial charge in [0.15, 0.2) is 31.0 Å². The molecule has 0 aliphatic heterocycles. The summed E-state index contributed by atoms with van der Waals surface area (Å²) in [7, 11) is 4.67. The molecule has 2 aromatic heterocycles. The van der Waals surface area contributed by atoms with Crippen molar-refractivity contribution in [1.82, 2.24) is 8.75 Å². The maximum Gasteiger partial charge on any atom is 0.179 e. The summed E-state index contributed by atoms with van der Waals surface area (Å²) in [5.41, 5.74) is -0.305. The Hall–Kier alpha value is -1.14. The fraction of sp³-hybridized carbons (Fsp3) is 0. The number of nitrogens with zero attached hydrogens (tertiary/aromatic N) is 6. The lowest BCUT2D eigenvalue weighted by molar-refractivity contribution is 1.19. The molecule has 100 valence electrons. The molecule has 0 saturated heterocycles. The lowest BCUT2D eigenvalue weighted by Crippen LogP contribution is -1.99. The third-order valence-corrected chi connectivity index (χ3v) is 6.02. The minimum atomic E-state index is -0.152. The first-order valence-corrected chi connectivity index (χ1v) is 9.49. The second kappa shape index (κ2) is 7.04. The highest BCUT2D eigenvalue weighted by atomic mass is 35.5. The van der Waals surface area contributed by atoms with Gasteiger partial charge in [-0.25, -0.2) is 9.98 Å². The van der Waals surface area contributed by atoms with Crippen LogP contribution in [0, 0.1) is 22.7 Å². The smallest absolute Gasteiger partial charge is 0.179 e. The van der Waals surface area contributed by atoms with Crippen molar-refractivity contribution in [2.75, 3.05) is 0 Å². The van der Waals surface area contributed by atoms with Crippen LogP contribution in [0.25, 0.3) is 0 Å². The molecule has 12 heteroatoms. The van der Waals surface area contributed by atoms with E-state index in [-0.39, 0.29) is 21.7 Å². The van der Waals surface area contributed by atoms with E-state index in [1.165, 1.54) is 20.7 Å². The Morgan fingerprint density at radius 2 is 1.30 bits per heavy atom. The van der Waals surface area contributed by atoms with Gasteiger partial charge in [-0.2, -0.15) is 19.3 Å². The van der Waals surface area contributed by atoms with Crippen LogP contribution in [0.2, 0.25) is 10.3 Å². The van der Waals surface area contributed by atoms with Gasteiger partial charge in [-0.05, 0) is 20.7 Å². The zero-order chi connectivity index (χ0) is 14.5. The molecule has 0 bridgehead atoms. The van der Waals surface area contributed by atoms with Gasteiger partial charge in [0, 0.05) is 21.1 Å². The first kappa shape index (κ1) is 15.3. The van der Waals surface area contributed by atoms with Gasteiger partial charge < -0.3 is 0 Å². The molecule has 0 fully saturated rings. The molecule has 0 saturated carbocycles. The van der Waals surface area contributed by atoms with Gasteiger partial charge in [0.1, 0.15) is 12.1 Å². The lowest BCUT2D eigenvalue weighted by Gasteiger charge is -1.89. The Kier molecular flexibility index (Phi) is 5.37. The molecule has 2 heterocycles. The van der Waals surface area contributed by atoms with Crippen LogP contribution >= 0.6 is 65.0 Å². The second-order valence-corrected chi connectivity index (χ2v) is 7.22. The molecule has 0 aliphatic rings. The molecule has 0 unspecified atom stereocenters. The van der Waals surface area contributed by atoms with Gasteiger partial charge in [0.2, 0.25) is 0 Å². The van der Waals surface area contributed by atoms with Crippen LogP contribution in [-0.4, -0.2) is 8.75 Å². The van der Waals surface area contributed by atoms with Crippen molar-refractivity contribution in [2.45, 2.75) is 0 Å². The summed E-state index contributed by atoms with van der Waals surface area (Å²) >= 11 is 11.6. The van der Waals surface area contributed by atoms with Crippen molar-refractivity contribution >= 4 is 65.0 Å². The fourth-order valence-corrected chi connectivity index (χ4v) is 4.87. The van der Waals surface area contributed by atoms with E-state index < -0.39 is 0 Å².